The quantitative estimate of drug-likeness (QED) is 0.0845. The second-order valence-corrected chi connectivity index (χ2v) is 10.3. The van der Waals surface area contributed by atoms with Crippen LogP contribution < -0.4 is 10.6 Å². The number of nitrogens with one attached hydrogen (secondary N) is 2. The van der Waals surface area contributed by atoms with Crippen LogP contribution in [-0.4, -0.2) is 198 Å². The number of likely N-dealkylation sites (N-methyl/N-ethyl adjacent to an activating group) is 1. The first-order valence-electron chi connectivity index (χ1n) is 17.3. The molecule has 0 aromatic rings. The van der Waals surface area contributed by atoms with E-state index in [4.69, 9.17) is 61.6 Å². The van der Waals surface area contributed by atoms with Gasteiger partial charge in [0.25, 0.3) is 0 Å². The molecule has 0 atom stereocenters. The molecule has 1 fully saturated rings. The fourth-order valence-corrected chi connectivity index (χ4v) is 3.93. The van der Waals surface area contributed by atoms with Crippen LogP contribution in [0.3, 0.4) is 0 Å². The summed E-state index contributed by atoms with van der Waals surface area (Å²) in [7, 11) is 1.90. The minimum Gasteiger partial charge on any atom is -0.378 e. The summed E-state index contributed by atoms with van der Waals surface area (Å²) in [6.07, 6.45) is 2.53. The highest BCUT2D eigenvalue weighted by molar-refractivity contribution is 4.67. The van der Waals surface area contributed by atoms with Crippen LogP contribution in [0.4, 0.5) is 0 Å². The van der Waals surface area contributed by atoms with E-state index in [0.29, 0.717) is 171 Å². The monoisotopic (exact) mass is 686 g/mol. The zero-order valence-corrected chi connectivity index (χ0v) is 29.1. The normalized spacial score (nSPS) is 14.0. The average molecular weight is 687 g/mol. The van der Waals surface area contributed by atoms with E-state index in [9.17, 15) is 0 Å². The van der Waals surface area contributed by atoms with E-state index in [-0.39, 0.29) is 0 Å². The number of hydrogen-bond donors (Lipinski definition) is 2. The molecule has 1 rings (SSSR count). The van der Waals surface area contributed by atoms with Crippen molar-refractivity contribution in [3.05, 3.63) is 0 Å². The lowest BCUT2D eigenvalue weighted by Crippen LogP contribution is -2.33. The molecule has 0 amide bonds. The highest BCUT2D eigenvalue weighted by Gasteiger charge is 2.12. The lowest BCUT2D eigenvalue weighted by atomic mass is 10.1. The van der Waals surface area contributed by atoms with Gasteiger partial charge >= 0.3 is 0 Å². The van der Waals surface area contributed by atoms with Crippen molar-refractivity contribution in [3.63, 3.8) is 0 Å². The standard InChI is InChI=1S/C32H66N2O13/c1-33-6-7-35-8-9-36-10-11-37-12-13-38-14-15-39-16-17-40-18-19-41-20-21-42-22-23-43-24-25-44-26-27-45-28-29-46-30-31-47-32-2-4-34-5-3-32/h32-34H,2-31H2,1H3. The Kier molecular flexibility index (Phi) is 37.6. The minimum atomic E-state index is 0.372. The smallest absolute Gasteiger partial charge is 0.0704 e. The van der Waals surface area contributed by atoms with Crippen molar-refractivity contribution in [2.24, 2.45) is 0 Å². The van der Waals surface area contributed by atoms with E-state index in [1.807, 2.05) is 7.05 Å². The van der Waals surface area contributed by atoms with Gasteiger partial charge in [0.15, 0.2) is 0 Å². The molecule has 47 heavy (non-hydrogen) atoms. The molecule has 1 heterocycles. The van der Waals surface area contributed by atoms with Gasteiger partial charge < -0.3 is 72.2 Å². The first kappa shape index (κ1) is 44.4. The second kappa shape index (κ2) is 39.8. The molecular weight excluding hydrogens is 620 g/mol. The molecule has 1 saturated heterocycles. The number of piperidine rings is 1. The van der Waals surface area contributed by atoms with Gasteiger partial charge in [-0.3, -0.25) is 0 Å². The lowest BCUT2D eigenvalue weighted by Gasteiger charge is -2.22. The van der Waals surface area contributed by atoms with Crippen molar-refractivity contribution in [3.8, 4) is 0 Å². The molecule has 0 saturated carbocycles. The van der Waals surface area contributed by atoms with Crippen molar-refractivity contribution < 1.29 is 61.6 Å². The van der Waals surface area contributed by atoms with Crippen LogP contribution in [0.1, 0.15) is 12.8 Å². The third-order valence-electron chi connectivity index (χ3n) is 6.46. The zero-order chi connectivity index (χ0) is 33.4. The summed E-state index contributed by atoms with van der Waals surface area (Å²) < 4.78 is 71.5. The van der Waals surface area contributed by atoms with Gasteiger partial charge in [0.1, 0.15) is 0 Å². The SMILES string of the molecule is CNCCOCCOCCOCCOCCOCCOCCOCCOCCOCCOCCOCCOCCOC1CCNCC1. The molecule has 0 unspecified atom stereocenters. The molecule has 0 aromatic heterocycles. The molecule has 0 bridgehead atoms. The summed E-state index contributed by atoms with van der Waals surface area (Å²) in [5.41, 5.74) is 0. The van der Waals surface area contributed by atoms with Crippen LogP contribution in [0.15, 0.2) is 0 Å². The van der Waals surface area contributed by atoms with E-state index in [1.54, 1.807) is 0 Å². The van der Waals surface area contributed by atoms with E-state index in [2.05, 4.69) is 10.6 Å². The molecular formula is C32H66N2O13. The van der Waals surface area contributed by atoms with Gasteiger partial charge in [0.05, 0.1) is 171 Å². The molecule has 15 heteroatoms. The Labute approximate surface area is 283 Å². The maximum Gasteiger partial charge on any atom is 0.0704 e. The van der Waals surface area contributed by atoms with Gasteiger partial charge in [0, 0.05) is 6.54 Å². The van der Waals surface area contributed by atoms with Crippen LogP contribution in [0.2, 0.25) is 0 Å². The summed E-state index contributed by atoms with van der Waals surface area (Å²) in [6.45, 7) is 16.6. The predicted molar refractivity (Wildman–Crippen MR) is 176 cm³/mol. The minimum absolute atomic E-state index is 0.372. The summed E-state index contributed by atoms with van der Waals surface area (Å²) >= 11 is 0. The van der Waals surface area contributed by atoms with E-state index in [0.717, 1.165) is 32.5 Å². The lowest BCUT2D eigenvalue weighted by molar-refractivity contribution is -0.0327. The van der Waals surface area contributed by atoms with Gasteiger partial charge in [-0.25, -0.2) is 0 Å². The third-order valence-corrected chi connectivity index (χ3v) is 6.46. The van der Waals surface area contributed by atoms with Gasteiger partial charge in [0.2, 0.25) is 0 Å². The van der Waals surface area contributed by atoms with E-state index >= 15 is 0 Å². The van der Waals surface area contributed by atoms with Gasteiger partial charge in [-0.2, -0.15) is 0 Å². The van der Waals surface area contributed by atoms with Crippen LogP contribution in [0, 0.1) is 0 Å². The maximum absolute atomic E-state index is 5.79. The largest absolute Gasteiger partial charge is 0.378 e. The summed E-state index contributed by atoms with van der Waals surface area (Å²) in [5, 5.41) is 6.35. The molecule has 0 radical (unpaired) electrons. The molecule has 282 valence electrons. The topological polar surface area (TPSA) is 144 Å². The van der Waals surface area contributed by atoms with Crippen LogP contribution >= 0.6 is 0 Å². The molecule has 15 nitrogen and oxygen atoms in total. The van der Waals surface area contributed by atoms with Crippen LogP contribution in [0.25, 0.3) is 0 Å². The molecule has 2 N–H and O–H groups in total. The number of hydrogen-bond acceptors (Lipinski definition) is 15. The molecule has 0 aliphatic carbocycles. The Morgan fingerprint density at radius 3 is 0.851 bits per heavy atom. The zero-order valence-electron chi connectivity index (χ0n) is 29.1. The van der Waals surface area contributed by atoms with Crippen molar-refractivity contribution in [1.82, 2.24) is 10.6 Å². The van der Waals surface area contributed by atoms with E-state index in [1.165, 1.54) is 0 Å². The molecule has 1 aliphatic rings. The predicted octanol–water partition coefficient (Wildman–Crippen LogP) is 0.174. The van der Waals surface area contributed by atoms with Crippen LogP contribution in [0.5, 0.6) is 0 Å². The van der Waals surface area contributed by atoms with Crippen molar-refractivity contribution >= 4 is 0 Å². The maximum atomic E-state index is 5.79. The fraction of sp³-hybridized carbons (Fsp3) is 1.00. The third kappa shape index (κ3) is 36.5. The van der Waals surface area contributed by atoms with Gasteiger partial charge in [-0.1, -0.05) is 0 Å². The van der Waals surface area contributed by atoms with Gasteiger partial charge in [-0.05, 0) is 33.0 Å². The van der Waals surface area contributed by atoms with Crippen molar-refractivity contribution in [2.45, 2.75) is 18.9 Å². The first-order chi connectivity index (χ1) is 23.4. The molecule has 1 aliphatic heterocycles. The Balaban J connectivity index is 1.59. The summed E-state index contributed by atoms with van der Waals surface area (Å²) in [4.78, 5) is 0. The second-order valence-electron chi connectivity index (χ2n) is 10.3. The number of ether oxygens (including phenoxy) is 13. The van der Waals surface area contributed by atoms with Gasteiger partial charge in [-0.15, -0.1) is 0 Å². The Hall–Kier alpha value is -0.600. The number of rotatable bonds is 40. The Bertz CT molecular complexity index is 581. The van der Waals surface area contributed by atoms with Crippen LogP contribution in [-0.2, 0) is 61.6 Å². The molecule has 0 aromatic carbocycles. The van der Waals surface area contributed by atoms with Crippen molar-refractivity contribution in [1.29, 1.82) is 0 Å². The highest BCUT2D eigenvalue weighted by Crippen LogP contribution is 2.06. The first-order valence-corrected chi connectivity index (χ1v) is 17.3. The molecule has 0 spiro atoms. The Morgan fingerprint density at radius 2 is 0.596 bits per heavy atom. The fourth-order valence-electron chi connectivity index (χ4n) is 3.93. The highest BCUT2D eigenvalue weighted by atomic mass is 16.6. The summed E-state index contributed by atoms with van der Waals surface area (Å²) in [6, 6.07) is 0. The summed E-state index contributed by atoms with van der Waals surface area (Å²) in [5.74, 6) is 0. The average Bonchev–Trinajstić information content (AvgIpc) is 3.09. The van der Waals surface area contributed by atoms with Crippen molar-refractivity contribution in [2.75, 3.05) is 192 Å². The Morgan fingerprint density at radius 1 is 0.362 bits per heavy atom. The van der Waals surface area contributed by atoms with E-state index < -0.39 is 0 Å².